The number of halogens is 2. The Morgan fingerprint density at radius 2 is 1.64 bits per heavy atom. The lowest BCUT2D eigenvalue weighted by Gasteiger charge is -2.02. The molecule has 2 aromatic carbocycles. The van der Waals surface area contributed by atoms with Crippen molar-refractivity contribution >= 4 is 0 Å². The van der Waals surface area contributed by atoms with Crippen LogP contribution in [0.1, 0.15) is 0 Å². The van der Waals surface area contributed by atoms with E-state index in [0.717, 1.165) is 12.1 Å². The summed E-state index contributed by atoms with van der Waals surface area (Å²) in [7, 11) is 0. The van der Waals surface area contributed by atoms with E-state index in [-0.39, 0.29) is 5.56 Å². The Morgan fingerprint density at radius 1 is 0.929 bits per heavy atom. The van der Waals surface area contributed by atoms with Gasteiger partial charge in [-0.15, -0.1) is 0 Å². The van der Waals surface area contributed by atoms with E-state index < -0.39 is 11.6 Å². The standard InChI is InChI=1S/C12H7F2/c13-10-6-7-12(14)11(8-10)9-4-2-1-3-5-9/h2-8H. The fraction of sp³-hybridized carbons (Fsp3) is 0. The van der Waals surface area contributed by atoms with E-state index in [1.54, 1.807) is 24.3 Å². The van der Waals surface area contributed by atoms with Crippen LogP contribution in [-0.2, 0) is 0 Å². The summed E-state index contributed by atoms with van der Waals surface area (Å²) in [5.41, 5.74) is 0.930. The van der Waals surface area contributed by atoms with Crippen LogP contribution in [0.5, 0.6) is 0 Å². The third-order valence-electron chi connectivity index (χ3n) is 1.96. The van der Waals surface area contributed by atoms with Crippen molar-refractivity contribution in [3.05, 3.63) is 60.2 Å². The zero-order chi connectivity index (χ0) is 9.97. The second-order valence-electron chi connectivity index (χ2n) is 2.91. The molecule has 0 saturated heterocycles. The molecule has 0 unspecified atom stereocenters. The molecule has 0 aliphatic carbocycles. The average Bonchev–Trinajstić information content (AvgIpc) is 2.23. The van der Waals surface area contributed by atoms with Gasteiger partial charge < -0.3 is 0 Å². The fourth-order valence-electron chi connectivity index (χ4n) is 1.29. The van der Waals surface area contributed by atoms with E-state index in [4.69, 9.17) is 0 Å². The molecule has 0 aliphatic heterocycles. The van der Waals surface area contributed by atoms with Crippen LogP contribution in [0, 0.1) is 17.7 Å². The maximum atomic E-state index is 13.3. The van der Waals surface area contributed by atoms with Crippen LogP contribution in [0.4, 0.5) is 8.78 Å². The van der Waals surface area contributed by atoms with E-state index in [2.05, 4.69) is 6.07 Å². The summed E-state index contributed by atoms with van der Waals surface area (Å²) < 4.78 is 26.1. The van der Waals surface area contributed by atoms with Gasteiger partial charge in [0.05, 0.1) is 0 Å². The highest BCUT2D eigenvalue weighted by Gasteiger charge is 2.05. The van der Waals surface area contributed by atoms with Gasteiger partial charge >= 0.3 is 0 Å². The van der Waals surface area contributed by atoms with Gasteiger partial charge in [-0.2, -0.15) is 0 Å². The van der Waals surface area contributed by atoms with E-state index in [1.807, 2.05) is 0 Å². The normalized spacial score (nSPS) is 10.1. The van der Waals surface area contributed by atoms with Gasteiger partial charge in [-0.05, 0) is 29.8 Å². The molecule has 0 aliphatic rings. The summed E-state index contributed by atoms with van der Waals surface area (Å²) >= 11 is 0. The minimum absolute atomic E-state index is 0.277. The minimum atomic E-state index is -0.436. The van der Waals surface area contributed by atoms with E-state index in [0.29, 0.717) is 5.56 Å². The minimum Gasteiger partial charge on any atom is -0.207 e. The molecule has 2 heteroatoms. The number of rotatable bonds is 1. The predicted molar refractivity (Wildman–Crippen MR) is 50.6 cm³/mol. The highest BCUT2D eigenvalue weighted by Crippen LogP contribution is 2.22. The number of hydrogen-bond acceptors (Lipinski definition) is 0. The van der Waals surface area contributed by atoms with E-state index >= 15 is 0 Å². The molecule has 0 atom stereocenters. The van der Waals surface area contributed by atoms with Gasteiger partial charge in [-0.25, -0.2) is 8.78 Å². The first-order valence-electron chi connectivity index (χ1n) is 4.19. The van der Waals surface area contributed by atoms with Crippen LogP contribution < -0.4 is 0 Å². The molecule has 0 N–H and O–H groups in total. The Bertz CT molecular complexity index is 435. The molecule has 2 aromatic rings. The Hall–Kier alpha value is -1.70. The average molecular weight is 189 g/mol. The molecule has 0 amide bonds. The van der Waals surface area contributed by atoms with Crippen LogP contribution in [-0.4, -0.2) is 0 Å². The van der Waals surface area contributed by atoms with E-state index in [1.165, 1.54) is 6.07 Å². The molecule has 0 spiro atoms. The maximum absolute atomic E-state index is 13.3. The number of benzene rings is 2. The second-order valence-corrected chi connectivity index (χ2v) is 2.91. The largest absolute Gasteiger partial charge is 0.207 e. The summed E-state index contributed by atoms with van der Waals surface area (Å²) in [6.45, 7) is 0. The molecule has 1 radical (unpaired) electrons. The summed E-state index contributed by atoms with van der Waals surface area (Å²) in [5, 5.41) is 0. The Balaban J connectivity index is 2.57. The van der Waals surface area contributed by atoms with Crippen LogP contribution in [0.25, 0.3) is 11.1 Å². The van der Waals surface area contributed by atoms with Crippen molar-refractivity contribution in [2.45, 2.75) is 0 Å². The maximum Gasteiger partial charge on any atom is 0.131 e. The van der Waals surface area contributed by atoms with Crippen LogP contribution in [0.3, 0.4) is 0 Å². The molecule has 0 heterocycles. The quantitative estimate of drug-likeness (QED) is 0.644. The van der Waals surface area contributed by atoms with Crippen molar-refractivity contribution in [2.24, 2.45) is 0 Å². The van der Waals surface area contributed by atoms with Gasteiger partial charge in [-0.1, -0.05) is 24.3 Å². The predicted octanol–water partition coefficient (Wildman–Crippen LogP) is 3.43. The number of hydrogen-bond donors (Lipinski definition) is 0. The zero-order valence-electron chi connectivity index (χ0n) is 7.30. The highest BCUT2D eigenvalue weighted by atomic mass is 19.1. The molecular weight excluding hydrogens is 182 g/mol. The van der Waals surface area contributed by atoms with Crippen LogP contribution in [0.2, 0.25) is 0 Å². The van der Waals surface area contributed by atoms with Gasteiger partial charge in [0.15, 0.2) is 0 Å². The Kier molecular flexibility index (Phi) is 2.27. The van der Waals surface area contributed by atoms with Crippen LogP contribution in [0.15, 0.2) is 42.5 Å². The molecular formula is C12H7F2. The molecule has 0 bridgehead atoms. The highest BCUT2D eigenvalue weighted by molar-refractivity contribution is 5.63. The SMILES string of the molecule is Fc1ccc(F)c(-c2cc[c]cc2)c1. The molecule has 69 valence electrons. The van der Waals surface area contributed by atoms with Gasteiger partial charge in [0.1, 0.15) is 11.6 Å². The Labute approximate surface area is 80.8 Å². The molecule has 0 aromatic heterocycles. The summed E-state index contributed by atoms with van der Waals surface area (Å²) in [4.78, 5) is 0. The monoisotopic (exact) mass is 189 g/mol. The Morgan fingerprint density at radius 3 is 2.36 bits per heavy atom. The van der Waals surface area contributed by atoms with Crippen molar-refractivity contribution in [3.8, 4) is 11.1 Å². The fourth-order valence-corrected chi connectivity index (χ4v) is 1.29. The topological polar surface area (TPSA) is 0 Å². The second kappa shape index (κ2) is 3.58. The van der Waals surface area contributed by atoms with Crippen LogP contribution >= 0.6 is 0 Å². The smallest absolute Gasteiger partial charge is 0.131 e. The summed E-state index contributed by atoms with van der Waals surface area (Å²) in [6, 6.07) is 13.0. The van der Waals surface area contributed by atoms with Crippen molar-refractivity contribution in [1.82, 2.24) is 0 Å². The summed E-state index contributed by atoms with van der Waals surface area (Å²) in [6.07, 6.45) is 0. The lowest BCUT2D eigenvalue weighted by Crippen LogP contribution is -1.85. The molecule has 0 nitrogen and oxygen atoms in total. The first-order chi connectivity index (χ1) is 6.77. The van der Waals surface area contributed by atoms with Gasteiger partial charge in [-0.3, -0.25) is 0 Å². The van der Waals surface area contributed by atoms with Crippen molar-refractivity contribution < 1.29 is 8.78 Å². The molecule has 2 rings (SSSR count). The van der Waals surface area contributed by atoms with Gasteiger partial charge in [0, 0.05) is 5.56 Å². The molecule has 0 saturated carbocycles. The lowest BCUT2D eigenvalue weighted by atomic mass is 10.1. The van der Waals surface area contributed by atoms with Crippen molar-refractivity contribution in [2.75, 3.05) is 0 Å². The van der Waals surface area contributed by atoms with Gasteiger partial charge in [0.25, 0.3) is 0 Å². The van der Waals surface area contributed by atoms with Crippen molar-refractivity contribution in [1.29, 1.82) is 0 Å². The first-order valence-corrected chi connectivity index (χ1v) is 4.19. The van der Waals surface area contributed by atoms with Crippen molar-refractivity contribution in [3.63, 3.8) is 0 Å². The summed E-state index contributed by atoms with van der Waals surface area (Å²) in [5.74, 6) is -0.855. The third kappa shape index (κ3) is 1.64. The molecule has 14 heavy (non-hydrogen) atoms. The zero-order valence-corrected chi connectivity index (χ0v) is 7.30. The first kappa shape index (κ1) is 8.88. The van der Waals surface area contributed by atoms with Gasteiger partial charge in [0.2, 0.25) is 0 Å². The molecule has 0 fully saturated rings. The lowest BCUT2D eigenvalue weighted by molar-refractivity contribution is 0.603. The third-order valence-corrected chi connectivity index (χ3v) is 1.96. The van der Waals surface area contributed by atoms with E-state index in [9.17, 15) is 8.78 Å².